The Morgan fingerprint density at radius 2 is 1.78 bits per heavy atom. The van der Waals surface area contributed by atoms with Crippen molar-refractivity contribution in [1.82, 2.24) is 0 Å². The van der Waals surface area contributed by atoms with Gasteiger partial charge in [0, 0.05) is 6.04 Å². The number of hydrogen-bond acceptors (Lipinski definition) is 2. The van der Waals surface area contributed by atoms with Crippen LogP contribution in [0.2, 0.25) is 0 Å². The van der Waals surface area contributed by atoms with E-state index in [1.165, 1.54) is 38.2 Å². The summed E-state index contributed by atoms with van der Waals surface area (Å²) in [5.41, 5.74) is 0.898. The van der Waals surface area contributed by atoms with Crippen LogP contribution in [0.25, 0.3) is 0 Å². The van der Waals surface area contributed by atoms with Crippen molar-refractivity contribution >= 4 is 5.69 Å². The molecule has 0 saturated heterocycles. The Bertz CT molecular complexity index is 429. The average molecular weight is 246 g/mol. The lowest BCUT2D eigenvalue weighted by Crippen LogP contribution is -2.21. The molecule has 96 valence electrons. The number of anilines is 1. The lowest BCUT2D eigenvalue weighted by molar-refractivity contribution is 0.469. The summed E-state index contributed by atoms with van der Waals surface area (Å²) in [4.78, 5) is 0. The molecular weight excluding hydrogens is 227 g/mol. The molecule has 1 fully saturated rings. The third kappa shape index (κ3) is 3.46. The van der Waals surface area contributed by atoms with Crippen molar-refractivity contribution in [1.29, 1.82) is 5.26 Å². The standard InChI is InChI=1S/C15H19FN2/c16-14-10-12(11-17)8-9-15(14)18-13-6-4-2-1-3-5-7-13/h8-10,13,18H,1-7H2. The highest BCUT2D eigenvalue weighted by atomic mass is 19.1. The van der Waals surface area contributed by atoms with Crippen LogP contribution >= 0.6 is 0 Å². The lowest BCUT2D eigenvalue weighted by Gasteiger charge is -2.22. The molecule has 2 nitrogen and oxygen atoms in total. The largest absolute Gasteiger partial charge is 0.380 e. The fourth-order valence-electron chi connectivity index (χ4n) is 2.52. The molecule has 0 bridgehead atoms. The Labute approximate surface area is 108 Å². The maximum Gasteiger partial charge on any atom is 0.147 e. The summed E-state index contributed by atoms with van der Waals surface area (Å²) in [7, 11) is 0. The Morgan fingerprint density at radius 3 is 2.39 bits per heavy atom. The zero-order valence-electron chi connectivity index (χ0n) is 10.6. The molecule has 1 aromatic carbocycles. The first-order valence-corrected chi connectivity index (χ1v) is 6.76. The number of rotatable bonds is 2. The summed E-state index contributed by atoms with van der Waals surface area (Å²) in [6.45, 7) is 0. The van der Waals surface area contributed by atoms with E-state index in [0.29, 0.717) is 17.3 Å². The monoisotopic (exact) mass is 246 g/mol. The van der Waals surface area contributed by atoms with Gasteiger partial charge in [-0.15, -0.1) is 0 Å². The quantitative estimate of drug-likeness (QED) is 0.848. The normalized spacial score (nSPS) is 17.6. The Balaban J connectivity index is 2.01. The molecule has 1 aliphatic carbocycles. The molecule has 0 radical (unpaired) electrons. The molecule has 0 spiro atoms. The molecule has 18 heavy (non-hydrogen) atoms. The summed E-state index contributed by atoms with van der Waals surface area (Å²) in [5.74, 6) is -0.323. The summed E-state index contributed by atoms with van der Waals surface area (Å²) in [6.07, 6.45) is 8.56. The predicted molar refractivity (Wildman–Crippen MR) is 70.8 cm³/mol. The number of nitriles is 1. The zero-order valence-corrected chi connectivity index (χ0v) is 10.6. The third-order valence-corrected chi connectivity index (χ3v) is 3.56. The van der Waals surface area contributed by atoms with Crippen molar-refractivity contribution in [3.8, 4) is 6.07 Å². The van der Waals surface area contributed by atoms with Crippen molar-refractivity contribution in [2.75, 3.05) is 5.32 Å². The number of hydrogen-bond donors (Lipinski definition) is 1. The lowest BCUT2D eigenvalue weighted by atomic mass is 9.96. The van der Waals surface area contributed by atoms with Crippen molar-refractivity contribution in [2.45, 2.75) is 51.0 Å². The minimum Gasteiger partial charge on any atom is -0.380 e. The van der Waals surface area contributed by atoms with Crippen LogP contribution in [-0.4, -0.2) is 6.04 Å². The van der Waals surface area contributed by atoms with Gasteiger partial charge in [-0.05, 0) is 31.0 Å². The van der Waals surface area contributed by atoms with E-state index in [4.69, 9.17) is 5.26 Å². The fourth-order valence-corrected chi connectivity index (χ4v) is 2.52. The van der Waals surface area contributed by atoms with Gasteiger partial charge in [-0.1, -0.05) is 32.1 Å². The molecule has 1 N–H and O–H groups in total. The Hall–Kier alpha value is -1.56. The molecule has 1 saturated carbocycles. The van der Waals surface area contributed by atoms with E-state index in [2.05, 4.69) is 5.32 Å². The van der Waals surface area contributed by atoms with E-state index >= 15 is 0 Å². The number of nitrogens with zero attached hydrogens (tertiary/aromatic N) is 1. The van der Waals surface area contributed by atoms with Crippen molar-refractivity contribution in [3.05, 3.63) is 29.6 Å². The van der Waals surface area contributed by atoms with Crippen LogP contribution in [-0.2, 0) is 0 Å². The zero-order chi connectivity index (χ0) is 12.8. The first-order valence-electron chi connectivity index (χ1n) is 6.76. The molecule has 1 aliphatic rings. The van der Waals surface area contributed by atoms with E-state index in [0.717, 1.165) is 12.8 Å². The Morgan fingerprint density at radius 1 is 1.11 bits per heavy atom. The van der Waals surface area contributed by atoms with E-state index < -0.39 is 0 Å². The topological polar surface area (TPSA) is 35.8 Å². The van der Waals surface area contributed by atoms with Gasteiger partial charge in [0.05, 0.1) is 17.3 Å². The molecule has 0 atom stereocenters. The second-order valence-electron chi connectivity index (χ2n) is 4.99. The van der Waals surface area contributed by atoms with E-state index in [9.17, 15) is 4.39 Å². The van der Waals surface area contributed by atoms with E-state index in [-0.39, 0.29) is 5.82 Å². The fraction of sp³-hybridized carbons (Fsp3) is 0.533. The third-order valence-electron chi connectivity index (χ3n) is 3.56. The SMILES string of the molecule is N#Cc1ccc(NC2CCCCCCC2)c(F)c1. The highest BCUT2D eigenvalue weighted by Gasteiger charge is 2.13. The molecule has 0 aliphatic heterocycles. The molecule has 1 aromatic rings. The van der Waals surface area contributed by atoms with Crippen molar-refractivity contribution in [2.24, 2.45) is 0 Å². The van der Waals surface area contributed by atoms with Gasteiger partial charge in [0.1, 0.15) is 5.82 Å². The summed E-state index contributed by atoms with van der Waals surface area (Å²) in [5, 5.41) is 12.0. The number of benzene rings is 1. The molecule has 2 rings (SSSR count). The van der Waals surface area contributed by atoms with Crippen LogP contribution < -0.4 is 5.32 Å². The van der Waals surface area contributed by atoms with Crippen LogP contribution in [0.15, 0.2) is 18.2 Å². The van der Waals surface area contributed by atoms with Crippen LogP contribution in [0.5, 0.6) is 0 Å². The highest BCUT2D eigenvalue weighted by Crippen LogP contribution is 2.22. The number of halogens is 1. The van der Waals surface area contributed by atoms with Gasteiger partial charge in [0.15, 0.2) is 0 Å². The minimum atomic E-state index is -0.323. The molecule has 0 amide bonds. The van der Waals surface area contributed by atoms with Crippen LogP contribution in [0.3, 0.4) is 0 Å². The van der Waals surface area contributed by atoms with Crippen LogP contribution in [0.4, 0.5) is 10.1 Å². The van der Waals surface area contributed by atoms with Gasteiger partial charge in [-0.3, -0.25) is 0 Å². The maximum atomic E-state index is 13.8. The maximum absolute atomic E-state index is 13.8. The molecular formula is C15H19FN2. The van der Waals surface area contributed by atoms with Crippen LogP contribution in [0.1, 0.15) is 50.5 Å². The minimum absolute atomic E-state index is 0.323. The number of nitrogens with one attached hydrogen (secondary N) is 1. The van der Waals surface area contributed by atoms with Gasteiger partial charge in [-0.2, -0.15) is 5.26 Å². The second kappa shape index (κ2) is 6.39. The van der Waals surface area contributed by atoms with E-state index in [1.807, 2.05) is 6.07 Å². The molecule has 3 heteroatoms. The average Bonchev–Trinajstić information content (AvgIpc) is 2.34. The predicted octanol–water partition coefficient (Wildman–Crippen LogP) is 4.22. The van der Waals surface area contributed by atoms with Gasteiger partial charge in [-0.25, -0.2) is 4.39 Å². The van der Waals surface area contributed by atoms with Gasteiger partial charge in [0.25, 0.3) is 0 Å². The molecule has 0 aromatic heterocycles. The first kappa shape index (κ1) is 12.9. The smallest absolute Gasteiger partial charge is 0.147 e. The van der Waals surface area contributed by atoms with Crippen molar-refractivity contribution in [3.63, 3.8) is 0 Å². The molecule has 0 unspecified atom stereocenters. The molecule has 0 heterocycles. The van der Waals surface area contributed by atoms with Gasteiger partial charge in [0.2, 0.25) is 0 Å². The summed E-state index contributed by atoms with van der Waals surface area (Å²) in [6, 6.07) is 6.95. The second-order valence-corrected chi connectivity index (χ2v) is 4.99. The summed E-state index contributed by atoms with van der Waals surface area (Å²) < 4.78 is 13.8. The summed E-state index contributed by atoms with van der Waals surface area (Å²) >= 11 is 0. The van der Waals surface area contributed by atoms with Crippen LogP contribution in [0, 0.1) is 17.1 Å². The van der Waals surface area contributed by atoms with Gasteiger partial charge < -0.3 is 5.32 Å². The van der Waals surface area contributed by atoms with Crippen molar-refractivity contribution < 1.29 is 4.39 Å². The Kier molecular flexibility index (Phi) is 4.58. The van der Waals surface area contributed by atoms with Gasteiger partial charge >= 0.3 is 0 Å². The van der Waals surface area contributed by atoms with E-state index in [1.54, 1.807) is 12.1 Å². The highest BCUT2D eigenvalue weighted by molar-refractivity contribution is 5.49. The first-order chi connectivity index (χ1) is 8.79.